The fraction of sp³-hybridized carbons (Fsp3) is 0.600. The molecule has 2 unspecified atom stereocenters. The molecule has 0 saturated heterocycles. The van der Waals surface area contributed by atoms with Crippen LogP contribution in [0.4, 0.5) is 0 Å². The quantitative estimate of drug-likeness (QED) is 0.889. The summed E-state index contributed by atoms with van der Waals surface area (Å²) in [6.07, 6.45) is 3.09. The molecule has 0 radical (unpaired) electrons. The van der Waals surface area contributed by atoms with Crippen LogP contribution in [0.25, 0.3) is 0 Å². The van der Waals surface area contributed by atoms with Gasteiger partial charge in [0.2, 0.25) is 0 Å². The average molecular weight is 249 g/mol. The van der Waals surface area contributed by atoms with Crippen LogP contribution in [-0.2, 0) is 6.54 Å². The number of likely N-dealkylation sites (N-methyl/N-ethyl adjacent to an activating group) is 1. The van der Waals surface area contributed by atoms with Crippen molar-refractivity contribution < 1.29 is 9.84 Å². The normalized spacial score (nSPS) is 27.7. The van der Waals surface area contributed by atoms with Crippen LogP contribution in [0, 0.1) is 0 Å². The van der Waals surface area contributed by atoms with Gasteiger partial charge in [-0.15, -0.1) is 0 Å². The minimum Gasteiger partial charge on any atom is -0.497 e. The van der Waals surface area contributed by atoms with Crippen LogP contribution in [0.15, 0.2) is 24.3 Å². The molecular weight excluding hydrogens is 226 g/mol. The zero-order valence-electron chi connectivity index (χ0n) is 11.5. The van der Waals surface area contributed by atoms with E-state index in [2.05, 4.69) is 24.1 Å². The van der Waals surface area contributed by atoms with Crippen LogP contribution in [-0.4, -0.2) is 35.8 Å². The third-order valence-corrected chi connectivity index (χ3v) is 3.98. The highest BCUT2D eigenvalue weighted by atomic mass is 16.5. The monoisotopic (exact) mass is 249 g/mol. The summed E-state index contributed by atoms with van der Waals surface area (Å²) in [6, 6.07) is 8.37. The van der Waals surface area contributed by atoms with Crippen molar-refractivity contribution in [1.29, 1.82) is 0 Å². The number of hydrogen-bond donors (Lipinski definition) is 1. The Balaban J connectivity index is 2.04. The first-order valence-corrected chi connectivity index (χ1v) is 6.58. The lowest BCUT2D eigenvalue weighted by atomic mass is 9.99. The van der Waals surface area contributed by atoms with Crippen molar-refractivity contribution in [3.05, 3.63) is 29.8 Å². The van der Waals surface area contributed by atoms with Crippen LogP contribution in [0.2, 0.25) is 0 Å². The van der Waals surface area contributed by atoms with E-state index >= 15 is 0 Å². The molecule has 1 fully saturated rings. The van der Waals surface area contributed by atoms with E-state index in [1.807, 2.05) is 19.1 Å². The summed E-state index contributed by atoms with van der Waals surface area (Å²) in [5.74, 6) is 0.888. The lowest BCUT2D eigenvalue weighted by Gasteiger charge is -2.33. The molecule has 0 bridgehead atoms. The summed E-state index contributed by atoms with van der Waals surface area (Å²) in [5, 5.41) is 10.3. The zero-order valence-corrected chi connectivity index (χ0v) is 11.5. The van der Waals surface area contributed by atoms with Crippen molar-refractivity contribution in [2.45, 2.75) is 44.4 Å². The Labute approximate surface area is 109 Å². The van der Waals surface area contributed by atoms with Crippen LogP contribution >= 0.6 is 0 Å². The average Bonchev–Trinajstić information content (AvgIpc) is 2.69. The lowest BCUT2D eigenvalue weighted by molar-refractivity contribution is -0.00661. The Morgan fingerprint density at radius 1 is 1.50 bits per heavy atom. The van der Waals surface area contributed by atoms with E-state index in [4.69, 9.17) is 4.74 Å². The van der Waals surface area contributed by atoms with E-state index < -0.39 is 5.60 Å². The molecule has 2 atom stereocenters. The maximum atomic E-state index is 10.3. The van der Waals surface area contributed by atoms with Gasteiger partial charge in [-0.25, -0.2) is 0 Å². The fourth-order valence-electron chi connectivity index (χ4n) is 3.00. The van der Waals surface area contributed by atoms with Gasteiger partial charge in [-0.3, -0.25) is 4.90 Å². The molecule has 0 amide bonds. The highest BCUT2D eigenvalue weighted by molar-refractivity contribution is 5.28. The van der Waals surface area contributed by atoms with Crippen molar-refractivity contribution in [2.24, 2.45) is 0 Å². The predicted octanol–water partition coefficient (Wildman–Crippen LogP) is 2.43. The van der Waals surface area contributed by atoms with Crippen LogP contribution in [0.5, 0.6) is 5.75 Å². The fourth-order valence-corrected chi connectivity index (χ4v) is 3.00. The number of nitrogens with zero attached hydrogens (tertiary/aromatic N) is 1. The molecule has 100 valence electrons. The Kier molecular flexibility index (Phi) is 3.93. The summed E-state index contributed by atoms with van der Waals surface area (Å²) in [5.41, 5.74) is 0.674. The van der Waals surface area contributed by atoms with Crippen LogP contribution < -0.4 is 4.74 Å². The Morgan fingerprint density at radius 2 is 2.28 bits per heavy atom. The molecule has 0 aliphatic heterocycles. The Hall–Kier alpha value is -1.06. The van der Waals surface area contributed by atoms with E-state index in [-0.39, 0.29) is 6.04 Å². The lowest BCUT2D eigenvalue weighted by Crippen LogP contribution is -2.45. The summed E-state index contributed by atoms with van der Waals surface area (Å²) in [7, 11) is 3.77. The van der Waals surface area contributed by atoms with Gasteiger partial charge in [0.15, 0.2) is 0 Å². The van der Waals surface area contributed by atoms with Crippen LogP contribution in [0.1, 0.15) is 31.7 Å². The molecule has 1 saturated carbocycles. The summed E-state index contributed by atoms with van der Waals surface area (Å²) in [6.45, 7) is 2.80. The minimum absolute atomic E-state index is 0.253. The number of aliphatic hydroxyl groups is 1. The largest absolute Gasteiger partial charge is 0.497 e. The molecule has 0 heterocycles. The maximum absolute atomic E-state index is 10.3. The highest BCUT2D eigenvalue weighted by Gasteiger charge is 2.38. The molecular formula is C15H23NO2. The second-order valence-electron chi connectivity index (χ2n) is 5.53. The number of methoxy groups -OCH3 is 1. The molecule has 1 aromatic rings. The van der Waals surface area contributed by atoms with E-state index in [1.165, 1.54) is 5.56 Å². The van der Waals surface area contributed by atoms with Crippen molar-refractivity contribution >= 4 is 0 Å². The van der Waals surface area contributed by atoms with Gasteiger partial charge in [0, 0.05) is 12.6 Å². The molecule has 3 heteroatoms. The van der Waals surface area contributed by atoms with Crippen molar-refractivity contribution in [3.63, 3.8) is 0 Å². The van der Waals surface area contributed by atoms with Crippen molar-refractivity contribution in [3.8, 4) is 5.75 Å². The van der Waals surface area contributed by atoms with Gasteiger partial charge < -0.3 is 9.84 Å². The molecule has 18 heavy (non-hydrogen) atoms. The standard InChI is InChI=1S/C15H23NO2/c1-15(17)9-5-8-14(15)16(2)11-12-6-4-7-13(10-12)18-3/h4,6-7,10,14,17H,5,8-9,11H2,1-3H3. The van der Waals surface area contributed by atoms with Gasteiger partial charge in [-0.2, -0.15) is 0 Å². The zero-order chi connectivity index (χ0) is 13.2. The molecule has 1 aromatic carbocycles. The number of benzene rings is 1. The molecule has 1 N–H and O–H groups in total. The number of ether oxygens (including phenoxy) is 1. The highest BCUT2D eigenvalue weighted by Crippen LogP contribution is 2.33. The minimum atomic E-state index is -0.548. The molecule has 0 aromatic heterocycles. The Morgan fingerprint density at radius 3 is 2.89 bits per heavy atom. The third kappa shape index (κ3) is 2.85. The topological polar surface area (TPSA) is 32.7 Å². The molecule has 1 aliphatic carbocycles. The molecule has 2 rings (SSSR count). The van der Waals surface area contributed by atoms with E-state index in [0.29, 0.717) is 0 Å². The predicted molar refractivity (Wildman–Crippen MR) is 72.7 cm³/mol. The van der Waals surface area contributed by atoms with E-state index in [9.17, 15) is 5.11 Å². The summed E-state index contributed by atoms with van der Waals surface area (Å²) >= 11 is 0. The van der Waals surface area contributed by atoms with Gasteiger partial charge in [0.05, 0.1) is 12.7 Å². The van der Waals surface area contributed by atoms with Gasteiger partial charge in [0.25, 0.3) is 0 Å². The van der Waals surface area contributed by atoms with Gasteiger partial charge in [-0.1, -0.05) is 12.1 Å². The number of hydrogen-bond acceptors (Lipinski definition) is 3. The summed E-state index contributed by atoms with van der Waals surface area (Å²) < 4.78 is 5.23. The first-order valence-electron chi connectivity index (χ1n) is 6.58. The smallest absolute Gasteiger partial charge is 0.119 e. The third-order valence-electron chi connectivity index (χ3n) is 3.98. The second-order valence-corrected chi connectivity index (χ2v) is 5.53. The number of rotatable bonds is 4. The summed E-state index contributed by atoms with van der Waals surface area (Å²) in [4.78, 5) is 2.25. The maximum Gasteiger partial charge on any atom is 0.119 e. The van der Waals surface area contributed by atoms with Crippen molar-refractivity contribution in [2.75, 3.05) is 14.2 Å². The van der Waals surface area contributed by atoms with Gasteiger partial charge in [0.1, 0.15) is 5.75 Å². The molecule has 1 aliphatic rings. The van der Waals surface area contributed by atoms with Crippen LogP contribution in [0.3, 0.4) is 0 Å². The SMILES string of the molecule is COc1cccc(CN(C)C2CCCC2(C)O)c1. The van der Waals surface area contributed by atoms with E-state index in [1.54, 1.807) is 7.11 Å². The first kappa shape index (κ1) is 13.4. The molecule has 0 spiro atoms. The second kappa shape index (κ2) is 5.29. The van der Waals surface area contributed by atoms with Gasteiger partial charge in [-0.05, 0) is 50.9 Å². The van der Waals surface area contributed by atoms with E-state index in [0.717, 1.165) is 31.6 Å². The first-order chi connectivity index (χ1) is 8.53. The van der Waals surface area contributed by atoms with Gasteiger partial charge >= 0.3 is 0 Å². The molecule has 3 nitrogen and oxygen atoms in total. The Bertz CT molecular complexity index is 403. The van der Waals surface area contributed by atoms with Crippen molar-refractivity contribution in [1.82, 2.24) is 4.90 Å².